The van der Waals surface area contributed by atoms with Gasteiger partial charge in [-0.1, -0.05) is 0 Å². The summed E-state index contributed by atoms with van der Waals surface area (Å²) >= 11 is 0. The minimum Gasteiger partial charge on any atom is -0.534 e. The SMILES string of the molecule is O=C([O-])OC(=O)S(=O)(=O)C(=O)[O-].O=C([O-])OC(=O)S(=O)(=O)C(=O)[O-].O=C([O-])OC(=O)S(=O)(=O)C(=O)[O-].[Al+3].[Al+3]. The summed E-state index contributed by atoms with van der Waals surface area (Å²) in [5.41, 5.74) is 0. The van der Waals surface area contributed by atoms with E-state index in [-0.39, 0.29) is 34.7 Å². The van der Waals surface area contributed by atoms with Crippen LogP contribution in [0.15, 0.2) is 0 Å². The molecule has 0 aromatic heterocycles. The first-order valence-corrected chi connectivity index (χ1v) is 11.0. The minimum atomic E-state index is -5.35. The van der Waals surface area contributed by atoms with Gasteiger partial charge in [0.05, 0.1) is 0 Å². The molecule has 0 amide bonds. The van der Waals surface area contributed by atoms with E-state index in [0.29, 0.717) is 0 Å². The van der Waals surface area contributed by atoms with E-state index in [1.54, 1.807) is 0 Å². The van der Waals surface area contributed by atoms with Gasteiger partial charge in [-0.2, -0.15) is 0 Å². The van der Waals surface area contributed by atoms with Crippen LogP contribution in [0.5, 0.6) is 0 Å². The molecule has 0 aromatic rings. The Bertz CT molecular complexity index is 1140. The Hall–Kier alpha value is -3.86. The molecule has 0 aliphatic heterocycles. The van der Waals surface area contributed by atoms with Crippen molar-refractivity contribution >= 4 is 115 Å². The number of rotatable bonds is 0. The van der Waals surface area contributed by atoms with Gasteiger partial charge in [-0.05, 0) is 0 Å². The van der Waals surface area contributed by atoms with Crippen molar-refractivity contribution in [3.8, 4) is 0 Å². The van der Waals surface area contributed by atoms with Crippen LogP contribution in [0.1, 0.15) is 0 Å². The third kappa shape index (κ3) is 16.0. The van der Waals surface area contributed by atoms with Crippen molar-refractivity contribution in [2.75, 3.05) is 0 Å². The fourth-order valence-corrected chi connectivity index (χ4v) is 1.51. The fraction of sp³-hybridized carbons (Fsp3) is 0. The molecule has 0 N–H and O–H groups in total. The first-order valence-electron chi connectivity index (χ1n) is 6.51. The average molecular weight is 642 g/mol. The maximum atomic E-state index is 10.1. The van der Waals surface area contributed by atoms with Crippen molar-refractivity contribution in [1.29, 1.82) is 0 Å². The third-order valence-corrected chi connectivity index (χ3v) is 4.70. The molecule has 0 atom stereocenters. The van der Waals surface area contributed by atoms with Gasteiger partial charge in [0.1, 0.15) is 0 Å². The number of hydrogen-bond acceptors (Lipinski definition) is 24. The summed E-state index contributed by atoms with van der Waals surface area (Å²) in [6.45, 7) is 0. The Kier molecular flexibility index (Phi) is 20.4. The maximum absolute atomic E-state index is 10.1. The van der Waals surface area contributed by atoms with Gasteiger partial charge < -0.3 is 73.6 Å². The summed E-state index contributed by atoms with van der Waals surface area (Å²) < 4.78 is 69.6. The summed E-state index contributed by atoms with van der Waals surface area (Å²) in [6.07, 6.45) is -7.40. The minimum absolute atomic E-state index is 0. The van der Waals surface area contributed by atoms with E-state index < -0.39 is 79.8 Å². The van der Waals surface area contributed by atoms with Gasteiger partial charge in [-0.25, -0.2) is 25.3 Å². The van der Waals surface area contributed by atoms with Gasteiger partial charge in [-0.3, -0.25) is 14.4 Å². The largest absolute Gasteiger partial charge is 3.00 e. The molecule has 204 valence electrons. The van der Waals surface area contributed by atoms with Crippen molar-refractivity contribution < 1.29 is 113 Å². The van der Waals surface area contributed by atoms with Crippen LogP contribution in [0.2, 0.25) is 0 Å². The Labute approximate surface area is 227 Å². The van der Waals surface area contributed by atoms with E-state index in [1.807, 2.05) is 0 Å². The quantitative estimate of drug-likeness (QED) is 0.102. The van der Waals surface area contributed by atoms with E-state index in [4.69, 9.17) is 0 Å². The first-order chi connectivity index (χ1) is 15.8. The monoisotopic (exact) mass is 642 g/mol. The topological polar surface area (TPSA) is 422 Å². The van der Waals surface area contributed by atoms with Crippen LogP contribution in [-0.4, -0.2) is 110 Å². The van der Waals surface area contributed by atoms with Crippen LogP contribution in [0, 0.1) is 0 Å². The summed E-state index contributed by atoms with van der Waals surface area (Å²) in [5, 5.41) is 41.6. The van der Waals surface area contributed by atoms with Crippen LogP contribution in [0.3, 0.4) is 0 Å². The molecule has 0 aliphatic carbocycles. The zero-order valence-electron chi connectivity index (χ0n) is 16.7. The summed E-state index contributed by atoms with van der Waals surface area (Å²) in [5.74, 6) is 0. The van der Waals surface area contributed by atoms with Crippen molar-refractivity contribution in [1.82, 2.24) is 0 Å². The molecule has 0 saturated carbocycles. The van der Waals surface area contributed by atoms with Crippen molar-refractivity contribution in [3.63, 3.8) is 0 Å². The number of hydrogen-bond donors (Lipinski definition) is 0. The summed E-state index contributed by atoms with van der Waals surface area (Å²) in [4.78, 5) is 87.4. The Morgan fingerprint density at radius 3 is 0.579 bits per heavy atom. The van der Waals surface area contributed by atoms with Crippen molar-refractivity contribution in [2.24, 2.45) is 0 Å². The van der Waals surface area contributed by atoms with Gasteiger partial charge in [0.25, 0.3) is 48.0 Å². The Balaban J connectivity index is -0.000000140. The second-order valence-corrected chi connectivity index (χ2v) is 9.09. The molecule has 0 aromatic carbocycles. The maximum Gasteiger partial charge on any atom is 3.00 e. The number of sulfone groups is 3. The van der Waals surface area contributed by atoms with Gasteiger partial charge in [-0.15, -0.1) is 0 Å². The average Bonchev–Trinajstić information content (AvgIpc) is 2.66. The summed E-state index contributed by atoms with van der Waals surface area (Å²) in [6, 6.07) is 0. The van der Waals surface area contributed by atoms with E-state index in [9.17, 15) is 99.0 Å². The normalized spacial score (nSPS) is 9.79. The van der Waals surface area contributed by atoms with Crippen LogP contribution >= 0.6 is 0 Å². The number of ether oxygens (including phenoxy) is 3. The van der Waals surface area contributed by atoms with E-state index >= 15 is 0 Å². The second kappa shape index (κ2) is 17.6. The van der Waals surface area contributed by atoms with Gasteiger partial charge >= 0.3 is 50.6 Å². The zero-order valence-corrected chi connectivity index (χ0v) is 21.4. The fourth-order valence-electron chi connectivity index (χ4n) is 0.573. The molecule has 0 fully saturated rings. The smallest absolute Gasteiger partial charge is 0.534 e. The Morgan fingerprint density at radius 1 is 0.368 bits per heavy atom. The van der Waals surface area contributed by atoms with Crippen LogP contribution in [0.25, 0.3) is 0 Å². The van der Waals surface area contributed by atoms with Gasteiger partial charge in [0.15, 0.2) is 15.9 Å². The molecule has 0 unspecified atom stereocenters. The second-order valence-electron chi connectivity index (χ2n) is 4.07. The van der Waals surface area contributed by atoms with E-state index in [1.165, 1.54) is 0 Å². The molecule has 29 heteroatoms. The summed E-state index contributed by atoms with van der Waals surface area (Å²) in [7, 11) is -16.0. The van der Waals surface area contributed by atoms with Crippen LogP contribution < -0.4 is 30.6 Å². The molecule has 38 heavy (non-hydrogen) atoms. The van der Waals surface area contributed by atoms with Crippen LogP contribution in [0.4, 0.5) is 43.2 Å². The Morgan fingerprint density at radius 2 is 0.500 bits per heavy atom. The molecular weight excluding hydrogens is 642 g/mol. The van der Waals surface area contributed by atoms with E-state index in [2.05, 4.69) is 14.2 Å². The standard InChI is InChI=1S/3C3H2O8S.2Al/c3*4-1(5)11-3(8)12(9,10)2(6)7;;/h3*(H,4,5)(H,6,7);;/q;;;2*+3/p-6. The van der Waals surface area contributed by atoms with Gasteiger partial charge in [0.2, 0.25) is 0 Å². The van der Waals surface area contributed by atoms with Gasteiger partial charge in [0, 0.05) is 0 Å². The molecular formula is C9Al2O24S3. The van der Waals surface area contributed by atoms with Crippen LogP contribution in [-0.2, 0) is 43.7 Å². The molecule has 0 bridgehead atoms. The third-order valence-electron chi connectivity index (χ3n) is 1.82. The molecule has 24 nitrogen and oxygen atoms in total. The van der Waals surface area contributed by atoms with E-state index in [0.717, 1.165) is 0 Å². The zero-order chi connectivity index (χ0) is 29.8. The molecule has 0 heterocycles. The van der Waals surface area contributed by atoms with Crippen molar-refractivity contribution in [3.05, 3.63) is 0 Å². The molecule has 0 radical (unpaired) electrons. The molecule has 0 aliphatic rings. The first kappa shape index (κ1) is 44.2. The molecule has 0 saturated heterocycles. The molecule has 0 spiro atoms. The van der Waals surface area contributed by atoms with Crippen molar-refractivity contribution in [2.45, 2.75) is 0 Å². The predicted octanol–water partition coefficient (Wildman–Crippen LogP) is -9.09. The number of carbonyl (C=O) groups is 9. The molecule has 0 rings (SSSR count). The number of carboxylic acid groups (broad SMARTS) is 6. The predicted molar refractivity (Wildman–Crippen MR) is 90.1 cm³/mol. The number of carbonyl (C=O) groups excluding carboxylic acids is 9.